The molecule has 1 heterocycles. The molecule has 0 aliphatic carbocycles. The number of nitrogens with zero attached hydrogens (tertiary/aromatic N) is 1. The molecule has 1 aromatic heterocycles. The first-order chi connectivity index (χ1) is 4.75. The van der Waals surface area contributed by atoms with Crippen molar-refractivity contribution in [1.82, 2.24) is 4.98 Å². The lowest BCUT2D eigenvalue weighted by molar-refractivity contribution is 0.466. The number of hydrogen-bond donors (Lipinski definition) is 1. The van der Waals surface area contributed by atoms with Crippen molar-refractivity contribution in [2.45, 2.75) is 6.92 Å². The molecule has 2 heteroatoms. The summed E-state index contributed by atoms with van der Waals surface area (Å²) in [5.74, 6) is 2.38. The highest BCUT2D eigenvalue weighted by Crippen LogP contribution is 2.17. The summed E-state index contributed by atoms with van der Waals surface area (Å²) in [6, 6.07) is 1.70. The number of aromatic hydroxyl groups is 1. The van der Waals surface area contributed by atoms with Crippen LogP contribution in [0.3, 0.4) is 0 Å². The Kier molecular flexibility index (Phi) is 1.59. The van der Waals surface area contributed by atoms with Gasteiger partial charge in [-0.2, -0.15) is 0 Å². The summed E-state index contributed by atoms with van der Waals surface area (Å²) in [7, 11) is 0. The van der Waals surface area contributed by atoms with Gasteiger partial charge in [0.05, 0.1) is 0 Å². The fraction of sp³-hybridized carbons (Fsp3) is 0.125. The van der Waals surface area contributed by atoms with Gasteiger partial charge in [-0.25, -0.2) is 4.98 Å². The van der Waals surface area contributed by atoms with Crippen LogP contribution in [-0.2, 0) is 0 Å². The van der Waals surface area contributed by atoms with Crippen LogP contribution in [0, 0.1) is 19.3 Å². The van der Waals surface area contributed by atoms with Gasteiger partial charge in [-0.05, 0) is 24.5 Å². The molecule has 0 saturated heterocycles. The predicted octanol–water partition coefficient (Wildman–Crippen LogP) is 1.08. The lowest BCUT2D eigenvalue weighted by Gasteiger charge is -1.97. The normalized spacial score (nSPS) is 8.80. The van der Waals surface area contributed by atoms with E-state index in [0.29, 0.717) is 5.69 Å². The summed E-state index contributed by atoms with van der Waals surface area (Å²) in [5, 5.41) is 9.19. The first-order valence-electron chi connectivity index (χ1n) is 2.87. The Morgan fingerprint density at radius 1 is 1.70 bits per heavy atom. The highest BCUT2D eigenvalue weighted by molar-refractivity contribution is 5.42. The van der Waals surface area contributed by atoms with Crippen molar-refractivity contribution in [3.63, 3.8) is 0 Å². The van der Waals surface area contributed by atoms with Gasteiger partial charge in [0.1, 0.15) is 0 Å². The molecule has 0 aliphatic rings. The second-order valence-electron chi connectivity index (χ2n) is 1.97. The van der Waals surface area contributed by atoms with E-state index in [1.807, 2.05) is 0 Å². The zero-order valence-corrected chi connectivity index (χ0v) is 5.63. The molecular weight excluding hydrogens is 126 g/mol. The topological polar surface area (TPSA) is 33.1 Å². The largest absolute Gasteiger partial charge is 0.505 e. The van der Waals surface area contributed by atoms with Crippen molar-refractivity contribution in [2.75, 3.05) is 0 Å². The van der Waals surface area contributed by atoms with E-state index in [2.05, 4.69) is 10.9 Å². The SMILES string of the molecule is C#Cc1nccc(C)c1O. The molecule has 0 bridgehead atoms. The average Bonchev–Trinajstić information content (AvgIpc) is 1.95. The molecule has 0 unspecified atom stereocenters. The molecule has 0 fully saturated rings. The zero-order valence-electron chi connectivity index (χ0n) is 5.63. The Morgan fingerprint density at radius 2 is 2.40 bits per heavy atom. The number of hydrogen-bond acceptors (Lipinski definition) is 2. The number of aromatic nitrogens is 1. The van der Waals surface area contributed by atoms with Crippen LogP contribution < -0.4 is 0 Å². The van der Waals surface area contributed by atoms with Gasteiger partial charge in [-0.3, -0.25) is 0 Å². The Bertz CT molecular complexity index is 286. The summed E-state index contributed by atoms with van der Waals surface area (Å²) in [4.78, 5) is 3.77. The van der Waals surface area contributed by atoms with Gasteiger partial charge in [0.2, 0.25) is 0 Å². The summed E-state index contributed by atoms with van der Waals surface area (Å²) in [6.07, 6.45) is 6.62. The fourth-order valence-electron chi connectivity index (χ4n) is 0.656. The maximum atomic E-state index is 9.19. The molecule has 1 aromatic rings. The maximum absolute atomic E-state index is 9.19. The summed E-state index contributed by atoms with van der Waals surface area (Å²) in [5.41, 5.74) is 1.06. The Morgan fingerprint density at radius 3 is 2.90 bits per heavy atom. The Balaban J connectivity index is 3.31. The minimum absolute atomic E-state index is 0.102. The smallest absolute Gasteiger partial charge is 0.154 e. The first kappa shape index (κ1) is 6.63. The molecule has 1 rings (SSSR count). The third-order valence-electron chi connectivity index (χ3n) is 1.26. The number of rotatable bonds is 0. The molecule has 0 saturated carbocycles. The Hall–Kier alpha value is -1.49. The van der Waals surface area contributed by atoms with Crippen LogP contribution >= 0.6 is 0 Å². The highest BCUT2D eigenvalue weighted by Gasteiger charge is 1.99. The second-order valence-corrected chi connectivity index (χ2v) is 1.97. The predicted molar refractivity (Wildman–Crippen MR) is 38.6 cm³/mol. The summed E-state index contributed by atoms with van der Waals surface area (Å²) < 4.78 is 0. The number of pyridine rings is 1. The van der Waals surface area contributed by atoms with E-state index in [1.54, 1.807) is 19.2 Å². The van der Waals surface area contributed by atoms with Gasteiger partial charge in [-0.1, -0.05) is 0 Å². The van der Waals surface area contributed by atoms with Crippen LogP contribution in [0.2, 0.25) is 0 Å². The van der Waals surface area contributed by atoms with Crippen molar-refractivity contribution >= 4 is 0 Å². The van der Waals surface area contributed by atoms with Crippen molar-refractivity contribution in [3.8, 4) is 18.1 Å². The third-order valence-corrected chi connectivity index (χ3v) is 1.26. The third kappa shape index (κ3) is 0.939. The summed E-state index contributed by atoms with van der Waals surface area (Å²) >= 11 is 0. The van der Waals surface area contributed by atoms with E-state index in [9.17, 15) is 5.11 Å². The zero-order chi connectivity index (χ0) is 7.56. The minimum Gasteiger partial charge on any atom is -0.505 e. The molecule has 10 heavy (non-hydrogen) atoms. The molecule has 0 atom stereocenters. The van der Waals surface area contributed by atoms with E-state index in [1.165, 1.54) is 0 Å². The Labute approximate surface area is 59.5 Å². The van der Waals surface area contributed by atoms with E-state index in [0.717, 1.165) is 5.56 Å². The van der Waals surface area contributed by atoms with Crippen molar-refractivity contribution in [1.29, 1.82) is 0 Å². The van der Waals surface area contributed by atoms with Gasteiger partial charge < -0.3 is 5.11 Å². The van der Waals surface area contributed by atoms with Crippen molar-refractivity contribution in [2.24, 2.45) is 0 Å². The van der Waals surface area contributed by atoms with Crippen molar-refractivity contribution < 1.29 is 5.11 Å². The van der Waals surface area contributed by atoms with E-state index >= 15 is 0 Å². The van der Waals surface area contributed by atoms with Gasteiger partial charge in [0, 0.05) is 6.20 Å². The molecule has 0 spiro atoms. The minimum atomic E-state index is 0.102. The van der Waals surface area contributed by atoms with Gasteiger partial charge in [0.15, 0.2) is 11.4 Å². The van der Waals surface area contributed by atoms with Gasteiger partial charge in [0.25, 0.3) is 0 Å². The molecule has 0 amide bonds. The highest BCUT2D eigenvalue weighted by atomic mass is 16.3. The van der Waals surface area contributed by atoms with Crippen LogP contribution in [0.1, 0.15) is 11.3 Å². The molecule has 1 N–H and O–H groups in total. The monoisotopic (exact) mass is 133 g/mol. The van der Waals surface area contributed by atoms with Gasteiger partial charge in [-0.15, -0.1) is 6.42 Å². The van der Waals surface area contributed by atoms with Gasteiger partial charge >= 0.3 is 0 Å². The van der Waals surface area contributed by atoms with Crippen LogP contribution in [0.15, 0.2) is 12.3 Å². The lowest BCUT2D eigenvalue weighted by atomic mass is 10.2. The average molecular weight is 133 g/mol. The van der Waals surface area contributed by atoms with Crippen molar-refractivity contribution in [3.05, 3.63) is 23.5 Å². The van der Waals surface area contributed by atoms with E-state index in [-0.39, 0.29) is 5.75 Å². The maximum Gasteiger partial charge on any atom is 0.154 e. The van der Waals surface area contributed by atoms with Crippen LogP contribution in [0.25, 0.3) is 0 Å². The molecule has 0 aliphatic heterocycles. The van der Waals surface area contributed by atoms with Crippen LogP contribution in [-0.4, -0.2) is 10.1 Å². The molecule has 0 aromatic carbocycles. The number of aryl methyl sites for hydroxylation is 1. The number of terminal acetylenes is 1. The summed E-state index contributed by atoms with van der Waals surface area (Å²) in [6.45, 7) is 1.78. The van der Waals surface area contributed by atoms with E-state index in [4.69, 9.17) is 6.42 Å². The molecule has 50 valence electrons. The first-order valence-corrected chi connectivity index (χ1v) is 2.87. The standard InChI is InChI=1S/C8H7NO/c1-3-7-8(10)6(2)4-5-9-7/h1,4-5,10H,2H3. The van der Waals surface area contributed by atoms with E-state index < -0.39 is 0 Å². The molecular formula is C8H7NO. The van der Waals surface area contributed by atoms with Crippen LogP contribution in [0.4, 0.5) is 0 Å². The molecule has 2 nitrogen and oxygen atoms in total. The quantitative estimate of drug-likeness (QED) is 0.537. The van der Waals surface area contributed by atoms with Crippen LogP contribution in [0.5, 0.6) is 5.75 Å². The lowest BCUT2D eigenvalue weighted by Crippen LogP contribution is -1.84. The second kappa shape index (κ2) is 2.40. The fourth-order valence-corrected chi connectivity index (χ4v) is 0.656. The molecule has 0 radical (unpaired) electrons.